The van der Waals surface area contributed by atoms with E-state index in [-0.39, 0.29) is 11.7 Å². The summed E-state index contributed by atoms with van der Waals surface area (Å²) in [6.07, 6.45) is 0. The van der Waals surface area contributed by atoms with Crippen LogP contribution >= 0.6 is 11.8 Å². The van der Waals surface area contributed by atoms with Gasteiger partial charge >= 0.3 is 0 Å². The van der Waals surface area contributed by atoms with E-state index in [0.717, 1.165) is 38.6 Å². The average Bonchev–Trinajstić information content (AvgIpc) is 3.48. The van der Waals surface area contributed by atoms with Gasteiger partial charge in [0.15, 0.2) is 5.76 Å². The fraction of sp³-hybridized carbons (Fsp3) is 0.0345. The van der Waals surface area contributed by atoms with Gasteiger partial charge in [-0.3, -0.25) is 9.36 Å². The normalized spacial score (nSPS) is 11.3. The molecule has 0 aliphatic rings. The van der Waals surface area contributed by atoms with Crippen LogP contribution in [-0.4, -0.2) is 21.2 Å². The molecule has 2 heterocycles. The molecule has 0 saturated heterocycles. The molecule has 0 amide bonds. The van der Waals surface area contributed by atoms with Crippen LogP contribution in [0.2, 0.25) is 0 Å². The van der Waals surface area contributed by atoms with Gasteiger partial charge in [-0.2, -0.15) is 0 Å². The van der Waals surface area contributed by atoms with Crippen molar-refractivity contribution in [2.24, 2.45) is 0 Å². The van der Waals surface area contributed by atoms with Crippen LogP contribution in [0.3, 0.4) is 0 Å². The van der Waals surface area contributed by atoms with Crippen molar-refractivity contribution in [3.05, 3.63) is 109 Å². The Morgan fingerprint density at radius 3 is 1.85 bits per heavy atom. The minimum atomic E-state index is -0.0110. The molecule has 0 aliphatic carbocycles. The SMILES string of the molecule is O=C(CSc1nc(-c2ccccc2)c(-c2ccccc2)o1)n1c2ccccc2c2ccccc21. The lowest BCUT2D eigenvalue weighted by Crippen LogP contribution is -2.12. The molecule has 0 N–H and O–H groups in total. The Balaban J connectivity index is 1.35. The van der Waals surface area contributed by atoms with Gasteiger partial charge in [0, 0.05) is 21.9 Å². The maximum absolute atomic E-state index is 13.4. The number of carbonyl (C=O) groups excluding carboxylic acids is 1. The predicted molar refractivity (Wildman–Crippen MR) is 138 cm³/mol. The number of thioether (sulfide) groups is 1. The first-order valence-corrected chi connectivity index (χ1v) is 12.0. The zero-order chi connectivity index (χ0) is 22.9. The van der Waals surface area contributed by atoms with Gasteiger partial charge in [0.25, 0.3) is 5.22 Å². The number of rotatable bonds is 5. The van der Waals surface area contributed by atoms with Gasteiger partial charge < -0.3 is 4.42 Å². The molecule has 0 unspecified atom stereocenters. The molecule has 6 aromatic rings. The highest BCUT2D eigenvalue weighted by Crippen LogP contribution is 2.36. The molecular weight excluding hydrogens is 440 g/mol. The van der Waals surface area contributed by atoms with E-state index >= 15 is 0 Å². The van der Waals surface area contributed by atoms with Crippen LogP contribution in [0, 0.1) is 0 Å². The van der Waals surface area contributed by atoms with Crippen molar-refractivity contribution in [1.82, 2.24) is 9.55 Å². The smallest absolute Gasteiger partial charge is 0.257 e. The van der Waals surface area contributed by atoms with Crippen LogP contribution in [0.5, 0.6) is 0 Å². The molecule has 4 nitrogen and oxygen atoms in total. The van der Waals surface area contributed by atoms with Crippen molar-refractivity contribution in [2.45, 2.75) is 5.22 Å². The molecular formula is C29H20N2O2S. The molecule has 0 saturated carbocycles. The topological polar surface area (TPSA) is 48.0 Å². The third-order valence-corrected chi connectivity index (χ3v) is 6.65. The van der Waals surface area contributed by atoms with E-state index in [1.165, 1.54) is 11.8 Å². The molecule has 0 aliphatic heterocycles. The molecule has 6 rings (SSSR count). The summed E-state index contributed by atoms with van der Waals surface area (Å²) in [5.41, 5.74) is 4.53. The third kappa shape index (κ3) is 3.60. The summed E-state index contributed by atoms with van der Waals surface area (Å²) in [5.74, 6) is 0.910. The highest BCUT2D eigenvalue weighted by Gasteiger charge is 2.20. The number of fused-ring (bicyclic) bond motifs is 3. The Morgan fingerprint density at radius 1 is 0.706 bits per heavy atom. The van der Waals surface area contributed by atoms with Crippen molar-refractivity contribution in [2.75, 3.05) is 5.75 Å². The number of hydrogen-bond donors (Lipinski definition) is 0. The summed E-state index contributed by atoms with van der Waals surface area (Å²) >= 11 is 1.32. The zero-order valence-corrected chi connectivity index (χ0v) is 19.0. The van der Waals surface area contributed by atoms with Gasteiger partial charge in [-0.05, 0) is 12.1 Å². The van der Waals surface area contributed by atoms with E-state index in [1.54, 1.807) is 4.57 Å². The molecule has 2 aromatic heterocycles. The Hall–Kier alpha value is -4.09. The Kier molecular flexibility index (Phi) is 5.24. The van der Waals surface area contributed by atoms with E-state index in [0.29, 0.717) is 11.0 Å². The van der Waals surface area contributed by atoms with Gasteiger partial charge in [0.1, 0.15) is 5.69 Å². The first-order chi connectivity index (χ1) is 16.8. The summed E-state index contributed by atoms with van der Waals surface area (Å²) in [6.45, 7) is 0. The van der Waals surface area contributed by atoms with Crippen LogP contribution < -0.4 is 0 Å². The zero-order valence-electron chi connectivity index (χ0n) is 18.2. The summed E-state index contributed by atoms with van der Waals surface area (Å²) in [6, 6.07) is 35.9. The Labute approximate surface area is 200 Å². The fourth-order valence-electron chi connectivity index (χ4n) is 4.32. The second-order valence-corrected chi connectivity index (χ2v) is 8.87. The molecule has 164 valence electrons. The van der Waals surface area contributed by atoms with Gasteiger partial charge in [-0.15, -0.1) is 0 Å². The number of aromatic nitrogens is 2. The predicted octanol–water partition coefficient (Wildman–Crippen LogP) is 7.55. The van der Waals surface area contributed by atoms with E-state index in [1.807, 2.05) is 97.1 Å². The molecule has 0 bridgehead atoms. The number of nitrogens with zero attached hydrogens (tertiary/aromatic N) is 2. The quantitative estimate of drug-likeness (QED) is 0.249. The first kappa shape index (κ1) is 20.5. The number of benzene rings is 4. The minimum Gasteiger partial charge on any atom is -0.431 e. The van der Waals surface area contributed by atoms with Gasteiger partial charge in [0.2, 0.25) is 5.91 Å². The second-order valence-electron chi connectivity index (χ2n) is 7.94. The van der Waals surface area contributed by atoms with E-state index in [4.69, 9.17) is 9.40 Å². The average molecular weight is 461 g/mol. The molecule has 4 aromatic carbocycles. The number of hydrogen-bond acceptors (Lipinski definition) is 4. The highest BCUT2D eigenvalue weighted by molar-refractivity contribution is 7.99. The maximum Gasteiger partial charge on any atom is 0.257 e. The van der Waals surface area contributed by atoms with Crippen molar-refractivity contribution in [1.29, 1.82) is 0 Å². The maximum atomic E-state index is 13.4. The molecule has 0 radical (unpaired) electrons. The molecule has 0 atom stereocenters. The van der Waals surface area contributed by atoms with Gasteiger partial charge in [0.05, 0.1) is 16.8 Å². The standard InChI is InChI=1S/C29H20N2O2S/c32-26(31-24-17-9-7-15-22(24)23-16-8-10-18-25(23)31)19-34-29-30-27(20-11-3-1-4-12-20)28(33-29)21-13-5-2-6-14-21/h1-18H,19H2. The van der Waals surface area contributed by atoms with Crippen LogP contribution in [0.25, 0.3) is 44.4 Å². The van der Waals surface area contributed by atoms with E-state index in [9.17, 15) is 4.79 Å². The van der Waals surface area contributed by atoms with Crippen LogP contribution in [-0.2, 0) is 0 Å². The lowest BCUT2D eigenvalue weighted by atomic mass is 10.1. The van der Waals surface area contributed by atoms with Crippen LogP contribution in [0.1, 0.15) is 4.79 Å². The molecule has 0 spiro atoms. The van der Waals surface area contributed by atoms with Crippen molar-refractivity contribution >= 4 is 39.5 Å². The summed E-state index contributed by atoms with van der Waals surface area (Å²) in [7, 11) is 0. The summed E-state index contributed by atoms with van der Waals surface area (Å²) in [4.78, 5) is 18.2. The van der Waals surface area contributed by atoms with Crippen molar-refractivity contribution < 1.29 is 9.21 Å². The molecule has 34 heavy (non-hydrogen) atoms. The summed E-state index contributed by atoms with van der Waals surface area (Å²) in [5, 5.41) is 2.63. The van der Waals surface area contributed by atoms with Crippen molar-refractivity contribution in [3.63, 3.8) is 0 Å². The minimum absolute atomic E-state index is 0.0110. The van der Waals surface area contributed by atoms with Crippen LogP contribution in [0.4, 0.5) is 0 Å². The largest absolute Gasteiger partial charge is 0.431 e. The molecule has 0 fully saturated rings. The molecule has 5 heteroatoms. The lowest BCUT2D eigenvalue weighted by Gasteiger charge is -2.04. The number of para-hydroxylation sites is 2. The van der Waals surface area contributed by atoms with E-state index < -0.39 is 0 Å². The van der Waals surface area contributed by atoms with Crippen LogP contribution in [0.15, 0.2) is 119 Å². The monoisotopic (exact) mass is 460 g/mol. The second kappa shape index (κ2) is 8.69. The van der Waals surface area contributed by atoms with Crippen molar-refractivity contribution in [3.8, 4) is 22.6 Å². The number of oxazole rings is 1. The van der Waals surface area contributed by atoms with Gasteiger partial charge in [-0.1, -0.05) is 109 Å². The third-order valence-electron chi connectivity index (χ3n) is 5.84. The first-order valence-electron chi connectivity index (χ1n) is 11.1. The highest BCUT2D eigenvalue weighted by atomic mass is 32.2. The fourth-order valence-corrected chi connectivity index (χ4v) is 4.99. The van der Waals surface area contributed by atoms with Gasteiger partial charge in [-0.25, -0.2) is 4.98 Å². The Morgan fingerprint density at radius 2 is 1.24 bits per heavy atom. The lowest BCUT2D eigenvalue weighted by molar-refractivity contribution is 0.0951. The Bertz CT molecular complexity index is 1510. The number of carbonyl (C=O) groups is 1. The summed E-state index contributed by atoms with van der Waals surface area (Å²) < 4.78 is 7.99. The van der Waals surface area contributed by atoms with E-state index in [2.05, 4.69) is 12.1 Å².